The van der Waals surface area contributed by atoms with Gasteiger partial charge in [0.2, 0.25) is 0 Å². The molecule has 1 aromatic carbocycles. The fourth-order valence-electron chi connectivity index (χ4n) is 1.96. The van der Waals surface area contributed by atoms with E-state index in [4.69, 9.17) is 5.11 Å². The van der Waals surface area contributed by atoms with Crippen LogP contribution in [-0.4, -0.2) is 16.8 Å². The van der Waals surface area contributed by atoms with E-state index in [1.54, 1.807) is 25.6 Å². The summed E-state index contributed by atoms with van der Waals surface area (Å²) in [5.41, 5.74) is 2.25. The molecule has 92 valence electrons. The SMILES string of the molecule is CC(C)(CSc1ccc2c(c1)CCC2)C(=O)O. The van der Waals surface area contributed by atoms with Crippen molar-refractivity contribution in [2.24, 2.45) is 5.41 Å². The Kier molecular flexibility index (Phi) is 3.48. The van der Waals surface area contributed by atoms with Gasteiger partial charge < -0.3 is 5.11 Å². The predicted molar refractivity (Wildman–Crippen MR) is 70.6 cm³/mol. The number of benzene rings is 1. The fourth-order valence-corrected chi connectivity index (χ4v) is 3.00. The van der Waals surface area contributed by atoms with Gasteiger partial charge in [0.05, 0.1) is 5.41 Å². The van der Waals surface area contributed by atoms with E-state index in [1.807, 2.05) is 0 Å². The summed E-state index contributed by atoms with van der Waals surface area (Å²) in [4.78, 5) is 12.2. The van der Waals surface area contributed by atoms with Gasteiger partial charge >= 0.3 is 5.97 Å². The Bertz CT molecular complexity index is 438. The molecule has 0 saturated carbocycles. The first-order valence-corrected chi connectivity index (χ1v) is 6.95. The molecule has 0 bridgehead atoms. The van der Waals surface area contributed by atoms with Crippen molar-refractivity contribution < 1.29 is 9.90 Å². The van der Waals surface area contributed by atoms with E-state index in [0.29, 0.717) is 5.75 Å². The van der Waals surface area contributed by atoms with E-state index in [-0.39, 0.29) is 0 Å². The second-order valence-corrected chi connectivity index (χ2v) is 6.31. The lowest BCUT2D eigenvalue weighted by Crippen LogP contribution is -2.26. The molecule has 0 radical (unpaired) electrons. The first-order chi connectivity index (χ1) is 7.99. The molecule has 0 saturated heterocycles. The van der Waals surface area contributed by atoms with E-state index < -0.39 is 11.4 Å². The zero-order valence-corrected chi connectivity index (χ0v) is 11.1. The minimum atomic E-state index is -0.730. The zero-order valence-electron chi connectivity index (χ0n) is 10.3. The van der Waals surface area contributed by atoms with Crippen LogP contribution in [0.1, 0.15) is 31.4 Å². The average molecular weight is 250 g/mol. The predicted octanol–water partition coefficient (Wildman–Crippen LogP) is 3.38. The van der Waals surface area contributed by atoms with Gasteiger partial charge in [-0.2, -0.15) is 0 Å². The Labute approximate surface area is 106 Å². The molecule has 0 heterocycles. The monoisotopic (exact) mass is 250 g/mol. The maximum atomic E-state index is 11.0. The Hall–Kier alpha value is -0.960. The first-order valence-electron chi connectivity index (χ1n) is 5.97. The molecular formula is C14H18O2S. The number of hydrogen-bond acceptors (Lipinski definition) is 2. The summed E-state index contributed by atoms with van der Waals surface area (Å²) in [6.45, 7) is 3.55. The number of carboxylic acids is 1. The standard InChI is InChI=1S/C14H18O2S/c1-14(2,13(15)16)9-17-12-7-6-10-4-3-5-11(10)8-12/h6-8H,3-5,9H2,1-2H3,(H,15,16). The van der Waals surface area contributed by atoms with Gasteiger partial charge in [0.15, 0.2) is 0 Å². The van der Waals surface area contributed by atoms with Crippen molar-refractivity contribution in [3.63, 3.8) is 0 Å². The van der Waals surface area contributed by atoms with Crippen molar-refractivity contribution >= 4 is 17.7 Å². The smallest absolute Gasteiger partial charge is 0.309 e. The highest BCUT2D eigenvalue weighted by atomic mass is 32.2. The molecular weight excluding hydrogens is 232 g/mol. The topological polar surface area (TPSA) is 37.3 Å². The number of rotatable bonds is 4. The van der Waals surface area contributed by atoms with E-state index >= 15 is 0 Å². The second-order valence-electron chi connectivity index (χ2n) is 5.26. The molecule has 3 heteroatoms. The van der Waals surface area contributed by atoms with Gasteiger partial charge in [-0.15, -0.1) is 11.8 Å². The fraction of sp³-hybridized carbons (Fsp3) is 0.500. The molecule has 0 unspecified atom stereocenters. The average Bonchev–Trinajstić information content (AvgIpc) is 2.73. The highest BCUT2D eigenvalue weighted by molar-refractivity contribution is 7.99. The summed E-state index contributed by atoms with van der Waals surface area (Å²) in [6, 6.07) is 6.54. The Balaban J connectivity index is 2.03. The summed E-state index contributed by atoms with van der Waals surface area (Å²) in [5, 5.41) is 9.06. The minimum absolute atomic E-state index is 0.612. The van der Waals surface area contributed by atoms with Crippen LogP contribution in [0.2, 0.25) is 0 Å². The quantitative estimate of drug-likeness (QED) is 0.832. The van der Waals surface area contributed by atoms with Crippen LogP contribution in [0.15, 0.2) is 23.1 Å². The van der Waals surface area contributed by atoms with E-state index in [2.05, 4.69) is 18.2 Å². The number of hydrogen-bond donors (Lipinski definition) is 1. The molecule has 1 N–H and O–H groups in total. The van der Waals surface area contributed by atoms with Crippen LogP contribution in [0, 0.1) is 5.41 Å². The van der Waals surface area contributed by atoms with Crippen molar-refractivity contribution in [3.8, 4) is 0 Å². The van der Waals surface area contributed by atoms with E-state index in [9.17, 15) is 4.79 Å². The molecule has 1 aromatic rings. The highest BCUT2D eigenvalue weighted by Gasteiger charge is 2.27. The Morgan fingerprint density at radius 1 is 1.35 bits per heavy atom. The minimum Gasteiger partial charge on any atom is -0.481 e. The number of carboxylic acid groups (broad SMARTS) is 1. The van der Waals surface area contributed by atoms with Crippen LogP contribution >= 0.6 is 11.8 Å². The molecule has 2 rings (SSSR count). The third kappa shape index (κ3) is 2.83. The summed E-state index contributed by atoms with van der Waals surface area (Å²) in [5.74, 6) is -0.118. The van der Waals surface area contributed by atoms with Gasteiger partial charge in [-0.1, -0.05) is 6.07 Å². The molecule has 0 aliphatic heterocycles. The zero-order chi connectivity index (χ0) is 12.5. The van der Waals surface area contributed by atoms with Crippen LogP contribution < -0.4 is 0 Å². The van der Waals surface area contributed by atoms with Gasteiger partial charge in [0.25, 0.3) is 0 Å². The van der Waals surface area contributed by atoms with E-state index in [1.165, 1.54) is 35.3 Å². The van der Waals surface area contributed by atoms with Crippen LogP contribution in [0.25, 0.3) is 0 Å². The maximum absolute atomic E-state index is 11.0. The maximum Gasteiger partial charge on any atom is 0.309 e. The number of fused-ring (bicyclic) bond motifs is 1. The molecule has 1 aliphatic carbocycles. The molecule has 2 nitrogen and oxygen atoms in total. The number of thioether (sulfide) groups is 1. The highest BCUT2D eigenvalue weighted by Crippen LogP contribution is 2.31. The van der Waals surface area contributed by atoms with Gasteiger partial charge in [-0.25, -0.2) is 0 Å². The van der Waals surface area contributed by atoms with Gasteiger partial charge in [-0.3, -0.25) is 4.79 Å². The van der Waals surface area contributed by atoms with Crippen LogP contribution in [0.3, 0.4) is 0 Å². The summed E-state index contributed by atoms with van der Waals surface area (Å²) in [6.07, 6.45) is 3.62. The summed E-state index contributed by atoms with van der Waals surface area (Å²) < 4.78 is 0. The van der Waals surface area contributed by atoms with Gasteiger partial charge in [0, 0.05) is 10.6 Å². The summed E-state index contributed by atoms with van der Waals surface area (Å²) >= 11 is 1.64. The van der Waals surface area contributed by atoms with Crippen molar-refractivity contribution in [1.82, 2.24) is 0 Å². The van der Waals surface area contributed by atoms with Gasteiger partial charge in [-0.05, 0) is 56.4 Å². The van der Waals surface area contributed by atoms with Crippen LogP contribution in [0.4, 0.5) is 0 Å². The normalized spacial score (nSPS) is 14.7. The Morgan fingerprint density at radius 3 is 2.76 bits per heavy atom. The molecule has 0 spiro atoms. The summed E-state index contributed by atoms with van der Waals surface area (Å²) in [7, 11) is 0. The van der Waals surface area contributed by atoms with Gasteiger partial charge in [0.1, 0.15) is 0 Å². The van der Waals surface area contributed by atoms with Crippen molar-refractivity contribution in [1.29, 1.82) is 0 Å². The second kappa shape index (κ2) is 4.73. The number of aliphatic carboxylic acids is 1. The molecule has 0 atom stereocenters. The molecule has 0 aromatic heterocycles. The molecule has 1 aliphatic rings. The Morgan fingerprint density at radius 2 is 2.06 bits per heavy atom. The number of carbonyl (C=O) groups is 1. The van der Waals surface area contributed by atoms with Crippen molar-refractivity contribution in [3.05, 3.63) is 29.3 Å². The lowest BCUT2D eigenvalue weighted by Gasteiger charge is -2.18. The third-order valence-electron chi connectivity index (χ3n) is 3.25. The molecule has 0 amide bonds. The third-order valence-corrected chi connectivity index (χ3v) is 4.70. The lowest BCUT2D eigenvalue weighted by molar-refractivity contribution is -0.145. The number of aryl methyl sites for hydroxylation is 2. The van der Waals surface area contributed by atoms with Crippen molar-refractivity contribution in [2.45, 2.75) is 38.0 Å². The van der Waals surface area contributed by atoms with Crippen LogP contribution in [0.5, 0.6) is 0 Å². The lowest BCUT2D eigenvalue weighted by atomic mass is 9.97. The van der Waals surface area contributed by atoms with E-state index in [0.717, 1.165) is 0 Å². The molecule has 17 heavy (non-hydrogen) atoms. The van der Waals surface area contributed by atoms with Crippen LogP contribution in [-0.2, 0) is 17.6 Å². The van der Waals surface area contributed by atoms with Crippen molar-refractivity contribution in [2.75, 3.05) is 5.75 Å². The molecule has 0 fully saturated rings. The largest absolute Gasteiger partial charge is 0.481 e. The first kappa shape index (κ1) is 12.5.